The van der Waals surface area contributed by atoms with Crippen LogP contribution < -0.4 is 0 Å². The van der Waals surface area contributed by atoms with E-state index in [1.165, 1.54) is 5.57 Å². The molecule has 1 aliphatic carbocycles. The summed E-state index contributed by atoms with van der Waals surface area (Å²) in [6, 6.07) is 0. The van der Waals surface area contributed by atoms with Crippen molar-refractivity contribution in [3.8, 4) is 0 Å². The molecule has 1 N–H and O–H groups in total. The third kappa shape index (κ3) is 1.70. The van der Waals surface area contributed by atoms with Gasteiger partial charge in [-0.1, -0.05) is 6.58 Å². The molecule has 0 heterocycles. The van der Waals surface area contributed by atoms with Crippen molar-refractivity contribution in [3.05, 3.63) is 17.9 Å². The average molecular weight is 124 g/mol. The molecule has 0 unspecified atom stereocenters. The van der Waals surface area contributed by atoms with E-state index in [0.29, 0.717) is 0 Å². The Morgan fingerprint density at radius 1 is 1.44 bits per heavy atom. The van der Waals surface area contributed by atoms with Gasteiger partial charge >= 0.3 is 0 Å². The van der Waals surface area contributed by atoms with Crippen molar-refractivity contribution in [3.63, 3.8) is 0 Å². The van der Waals surface area contributed by atoms with Gasteiger partial charge < -0.3 is 5.11 Å². The molecule has 0 spiro atoms. The Morgan fingerprint density at radius 3 is 2.44 bits per heavy atom. The van der Waals surface area contributed by atoms with Gasteiger partial charge in [-0.2, -0.15) is 0 Å². The molecule has 0 bridgehead atoms. The van der Waals surface area contributed by atoms with Gasteiger partial charge in [-0.25, -0.2) is 0 Å². The summed E-state index contributed by atoms with van der Waals surface area (Å²) in [6.45, 7) is 3.57. The minimum atomic E-state index is -0.0675. The summed E-state index contributed by atoms with van der Waals surface area (Å²) in [5.41, 5.74) is 4.16. The second-order valence-electron chi connectivity index (χ2n) is 2.51. The van der Waals surface area contributed by atoms with Gasteiger partial charge in [0.25, 0.3) is 0 Å². The third-order valence-corrected chi connectivity index (χ3v) is 1.81. The van der Waals surface area contributed by atoms with E-state index < -0.39 is 0 Å². The SMILES string of the molecule is C=C=C1CCC(O)CC1. The molecule has 9 heavy (non-hydrogen) atoms. The highest BCUT2D eigenvalue weighted by atomic mass is 16.3. The quantitative estimate of drug-likeness (QED) is 0.487. The number of hydrogen-bond donors (Lipinski definition) is 1. The lowest BCUT2D eigenvalue weighted by Gasteiger charge is -2.16. The zero-order valence-corrected chi connectivity index (χ0v) is 5.56. The number of aliphatic hydroxyl groups is 1. The van der Waals surface area contributed by atoms with Crippen LogP contribution in [0.5, 0.6) is 0 Å². The van der Waals surface area contributed by atoms with Gasteiger partial charge in [0.2, 0.25) is 0 Å². The van der Waals surface area contributed by atoms with Gasteiger partial charge in [0.15, 0.2) is 0 Å². The van der Waals surface area contributed by atoms with Crippen LogP contribution in [-0.2, 0) is 0 Å². The minimum Gasteiger partial charge on any atom is -0.393 e. The van der Waals surface area contributed by atoms with Crippen molar-refractivity contribution in [2.24, 2.45) is 0 Å². The van der Waals surface area contributed by atoms with Crippen LogP contribution in [0.25, 0.3) is 0 Å². The molecular formula is C8H12O. The van der Waals surface area contributed by atoms with Gasteiger partial charge in [0.05, 0.1) is 6.10 Å². The Labute approximate surface area is 55.7 Å². The number of aliphatic hydroxyl groups excluding tert-OH is 1. The van der Waals surface area contributed by atoms with E-state index in [1.807, 2.05) is 0 Å². The molecule has 1 fully saturated rings. The molecule has 0 saturated heterocycles. The first-order chi connectivity index (χ1) is 4.33. The van der Waals surface area contributed by atoms with E-state index in [4.69, 9.17) is 5.11 Å². The van der Waals surface area contributed by atoms with E-state index in [9.17, 15) is 0 Å². The van der Waals surface area contributed by atoms with Gasteiger partial charge in [0.1, 0.15) is 0 Å². The fourth-order valence-corrected chi connectivity index (χ4v) is 1.13. The Kier molecular flexibility index (Phi) is 2.10. The van der Waals surface area contributed by atoms with Crippen molar-refractivity contribution in [1.29, 1.82) is 0 Å². The molecule has 0 aliphatic heterocycles. The summed E-state index contributed by atoms with van der Waals surface area (Å²) in [6.07, 6.45) is 3.72. The zero-order chi connectivity index (χ0) is 6.69. The Morgan fingerprint density at radius 2 is 2.00 bits per heavy atom. The van der Waals surface area contributed by atoms with Crippen molar-refractivity contribution in [2.45, 2.75) is 31.8 Å². The summed E-state index contributed by atoms with van der Waals surface area (Å²) >= 11 is 0. The third-order valence-electron chi connectivity index (χ3n) is 1.81. The predicted octanol–water partition coefficient (Wildman–Crippen LogP) is 1.63. The highest BCUT2D eigenvalue weighted by molar-refractivity contribution is 5.02. The van der Waals surface area contributed by atoms with Gasteiger partial charge in [-0.15, -0.1) is 5.73 Å². The molecule has 0 atom stereocenters. The molecule has 0 amide bonds. The molecule has 50 valence electrons. The molecule has 1 nitrogen and oxygen atoms in total. The number of allylic oxidation sites excluding steroid dienone is 1. The highest BCUT2D eigenvalue weighted by Gasteiger charge is 2.12. The summed E-state index contributed by atoms with van der Waals surface area (Å²) < 4.78 is 0. The molecule has 0 aromatic heterocycles. The molecule has 1 rings (SSSR count). The van der Waals surface area contributed by atoms with Crippen LogP contribution in [0.4, 0.5) is 0 Å². The van der Waals surface area contributed by atoms with Gasteiger partial charge in [-0.3, -0.25) is 0 Å². The summed E-state index contributed by atoms with van der Waals surface area (Å²) in [4.78, 5) is 0. The lowest BCUT2D eigenvalue weighted by atomic mass is 9.93. The monoisotopic (exact) mass is 124 g/mol. The van der Waals surface area contributed by atoms with Gasteiger partial charge in [-0.05, 0) is 31.3 Å². The molecular weight excluding hydrogens is 112 g/mol. The molecule has 0 aromatic carbocycles. The Hall–Kier alpha value is -0.520. The Bertz CT molecular complexity index is 133. The predicted molar refractivity (Wildman–Crippen MR) is 37.1 cm³/mol. The zero-order valence-electron chi connectivity index (χ0n) is 5.56. The van der Waals surface area contributed by atoms with E-state index >= 15 is 0 Å². The van der Waals surface area contributed by atoms with Crippen molar-refractivity contribution in [2.75, 3.05) is 0 Å². The first-order valence-corrected chi connectivity index (χ1v) is 3.39. The second kappa shape index (κ2) is 2.86. The van der Waals surface area contributed by atoms with E-state index in [-0.39, 0.29) is 6.10 Å². The summed E-state index contributed by atoms with van der Waals surface area (Å²) in [7, 11) is 0. The van der Waals surface area contributed by atoms with Crippen LogP contribution in [0, 0.1) is 0 Å². The van der Waals surface area contributed by atoms with Crippen LogP contribution >= 0.6 is 0 Å². The van der Waals surface area contributed by atoms with Gasteiger partial charge in [0, 0.05) is 0 Å². The number of hydrogen-bond acceptors (Lipinski definition) is 1. The van der Waals surface area contributed by atoms with Crippen molar-refractivity contribution >= 4 is 0 Å². The summed E-state index contributed by atoms with van der Waals surface area (Å²) in [5.74, 6) is 0. The normalized spacial score (nSPS) is 27.7. The van der Waals surface area contributed by atoms with E-state index in [2.05, 4.69) is 12.3 Å². The molecule has 1 saturated carbocycles. The van der Waals surface area contributed by atoms with E-state index in [0.717, 1.165) is 25.7 Å². The topological polar surface area (TPSA) is 20.2 Å². The highest BCUT2D eigenvalue weighted by Crippen LogP contribution is 2.21. The lowest BCUT2D eigenvalue weighted by molar-refractivity contribution is 0.143. The molecule has 0 radical (unpaired) electrons. The maximum Gasteiger partial charge on any atom is 0.0546 e. The number of rotatable bonds is 0. The van der Waals surface area contributed by atoms with Crippen LogP contribution in [0.3, 0.4) is 0 Å². The molecule has 1 aliphatic rings. The molecule has 1 heteroatoms. The summed E-state index contributed by atoms with van der Waals surface area (Å²) in [5, 5.41) is 9.06. The van der Waals surface area contributed by atoms with Crippen LogP contribution in [0.2, 0.25) is 0 Å². The van der Waals surface area contributed by atoms with E-state index in [1.54, 1.807) is 0 Å². The Balaban J connectivity index is 2.44. The largest absolute Gasteiger partial charge is 0.393 e. The van der Waals surface area contributed by atoms with Crippen molar-refractivity contribution in [1.82, 2.24) is 0 Å². The standard InChI is InChI=1S/C8H12O/c1-2-7-3-5-8(9)6-4-7/h8-9H,1,3-6H2. The van der Waals surface area contributed by atoms with Crippen LogP contribution in [-0.4, -0.2) is 11.2 Å². The maximum absolute atomic E-state index is 9.06. The van der Waals surface area contributed by atoms with Crippen LogP contribution in [0.1, 0.15) is 25.7 Å². The minimum absolute atomic E-state index is 0.0675. The first-order valence-electron chi connectivity index (χ1n) is 3.39. The van der Waals surface area contributed by atoms with Crippen molar-refractivity contribution < 1.29 is 5.11 Å². The average Bonchev–Trinajstić information content (AvgIpc) is 1.90. The van der Waals surface area contributed by atoms with Crippen LogP contribution in [0.15, 0.2) is 17.9 Å². The maximum atomic E-state index is 9.06. The fourth-order valence-electron chi connectivity index (χ4n) is 1.13. The first kappa shape index (κ1) is 6.60. The fraction of sp³-hybridized carbons (Fsp3) is 0.625. The second-order valence-corrected chi connectivity index (χ2v) is 2.51. The molecule has 0 aromatic rings. The smallest absolute Gasteiger partial charge is 0.0546 e. The lowest BCUT2D eigenvalue weighted by Crippen LogP contribution is -2.11.